The molecule has 4 nitrogen and oxygen atoms in total. The zero-order chi connectivity index (χ0) is 13.6. The van der Waals surface area contributed by atoms with Crippen molar-refractivity contribution >= 4 is 5.91 Å². The summed E-state index contributed by atoms with van der Waals surface area (Å²) in [5, 5.41) is 12.2. The molecule has 0 aromatic carbocycles. The van der Waals surface area contributed by atoms with Gasteiger partial charge in [-0.25, -0.2) is 0 Å². The molecule has 0 spiro atoms. The Morgan fingerprint density at radius 2 is 1.94 bits per heavy atom. The van der Waals surface area contributed by atoms with Crippen molar-refractivity contribution in [3.63, 3.8) is 0 Å². The maximum Gasteiger partial charge on any atom is 0.220 e. The lowest BCUT2D eigenvalue weighted by molar-refractivity contribution is -0.125. The van der Waals surface area contributed by atoms with Crippen molar-refractivity contribution in [3.05, 3.63) is 0 Å². The summed E-state index contributed by atoms with van der Waals surface area (Å²) in [6.45, 7) is 4.59. The van der Waals surface area contributed by atoms with E-state index >= 15 is 0 Å². The standard InChI is InChI=1S/C14H28N2O2/c1-11(2)12(9-17)16-13(18)8-14(10-15)6-4-3-5-7-14/h11-12,17H,3-10,15H2,1-2H3,(H,16,18)/t12-/m1/s1. The number of carbonyl (C=O) groups excluding carboxylic acids is 1. The first-order chi connectivity index (χ1) is 8.53. The Hall–Kier alpha value is -0.610. The van der Waals surface area contributed by atoms with E-state index < -0.39 is 0 Å². The van der Waals surface area contributed by atoms with E-state index in [1.807, 2.05) is 13.8 Å². The van der Waals surface area contributed by atoms with Crippen LogP contribution in [0.15, 0.2) is 0 Å². The van der Waals surface area contributed by atoms with E-state index in [4.69, 9.17) is 5.73 Å². The van der Waals surface area contributed by atoms with E-state index in [1.165, 1.54) is 19.3 Å². The molecule has 0 aromatic heterocycles. The van der Waals surface area contributed by atoms with E-state index in [2.05, 4.69) is 5.32 Å². The lowest BCUT2D eigenvalue weighted by atomic mass is 9.71. The number of hydrogen-bond acceptors (Lipinski definition) is 3. The lowest BCUT2D eigenvalue weighted by Gasteiger charge is -2.36. The maximum atomic E-state index is 12.1. The second kappa shape index (κ2) is 7.10. The fraction of sp³-hybridized carbons (Fsp3) is 0.929. The Labute approximate surface area is 110 Å². The van der Waals surface area contributed by atoms with Gasteiger partial charge < -0.3 is 16.2 Å². The molecule has 0 unspecified atom stereocenters. The number of aliphatic hydroxyl groups excluding tert-OH is 1. The van der Waals surface area contributed by atoms with Crippen molar-refractivity contribution in [2.75, 3.05) is 13.2 Å². The summed E-state index contributed by atoms with van der Waals surface area (Å²) in [4.78, 5) is 12.1. The molecular weight excluding hydrogens is 228 g/mol. The van der Waals surface area contributed by atoms with Crippen LogP contribution in [0.5, 0.6) is 0 Å². The molecule has 0 aromatic rings. The van der Waals surface area contributed by atoms with Gasteiger partial charge in [0.05, 0.1) is 12.6 Å². The van der Waals surface area contributed by atoms with Gasteiger partial charge in [0.1, 0.15) is 0 Å². The van der Waals surface area contributed by atoms with Crippen molar-refractivity contribution in [2.45, 2.75) is 58.4 Å². The molecule has 0 aliphatic heterocycles. The predicted octanol–water partition coefficient (Wildman–Crippen LogP) is 1.42. The van der Waals surface area contributed by atoms with Crippen molar-refractivity contribution < 1.29 is 9.90 Å². The van der Waals surface area contributed by atoms with Crippen LogP contribution in [0.25, 0.3) is 0 Å². The highest BCUT2D eigenvalue weighted by molar-refractivity contribution is 5.77. The minimum atomic E-state index is -0.143. The van der Waals surface area contributed by atoms with E-state index in [1.54, 1.807) is 0 Å². The van der Waals surface area contributed by atoms with Gasteiger partial charge in [-0.2, -0.15) is 0 Å². The normalized spacial score (nSPS) is 20.7. The van der Waals surface area contributed by atoms with Gasteiger partial charge in [-0.15, -0.1) is 0 Å². The summed E-state index contributed by atoms with van der Waals surface area (Å²) in [6, 6.07) is -0.143. The van der Waals surface area contributed by atoms with Gasteiger partial charge in [-0.05, 0) is 30.7 Å². The number of nitrogens with one attached hydrogen (secondary N) is 1. The quantitative estimate of drug-likeness (QED) is 0.673. The second-order valence-corrected chi connectivity index (χ2v) is 6.04. The van der Waals surface area contributed by atoms with Crippen molar-refractivity contribution in [1.29, 1.82) is 0 Å². The Morgan fingerprint density at radius 3 is 2.39 bits per heavy atom. The first-order valence-electron chi connectivity index (χ1n) is 7.13. The van der Waals surface area contributed by atoms with E-state index in [9.17, 15) is 9.90 Å². The fourth-order valence-electron chi connectivity index (χ4n) is 2.78. The highest BCUT2D eigenvalue weighted by Gasteiger charge is 2.33. The van der Waals surface area contributed by atoms with E-state index in [0.29, 0.717) is 13.0 Å². The Kier molecular flexibility index (Phi) is 6.09. The van der Waals surface area contributed by atoms with Gasteiger partial charge in [0.25, 0.3) is 0 Å². The largest absolute Gasteiger partial charge is 0.394 e. The van der Waals surface area contributed by atoms with Crippen LogP contribution in [0.2, 0.25) is 0 Å². The Balaban J connectivity index is 2.51. The molecule has 0 radical (unpaired) electrons. The predicted molar refractivity (Wildman–Crippen MR) is 73.0 cm³/mol. The number of amides is 1. The molecule has 0 saturated heterocycles. The minimum absolute atomic E-state index is 0.000676. The lowest BCUT2D eigenvalue weighted by Crippen LogP contribution is -2.45. The van der Waals surface area contributed by atoms with Crippen LogP contribution in [0.4, 0.5) is 0 Å². The highest BCUT2D eigenvalue weighted by atomic mass is 16.3. The molecule has 1 saturated carbocycles. The molecule has 1 amide bonds. The molecule has 1 aliphatic carbocycles. The summed E-state index contributed by atoms with van der Waals surface area (Å²) >= 11 is 0. The van der Waals surface area contributed by atoms with E-state index in [-0.39, 0.29) is 29.9 Å². The average molecular weight is 256 g/mol. The number of nitrogens with two attached hydrogens (primary N) is 1. The first kappa shape index (κ1) is 15.4. The molecule has 106 valence electrons. The Bertz CT molecular complexity index is 261. The van der Waals surface area contributed by atoms with E-state index in [0.717, 1.165) is 12.8 Å². The third kappa shape index (κ3) is 4.25. The molecule has 1 fully saturated rings. The van der Waals surface area contributed by atoms with Gasteiger partial charge in [0.15, 0.2) is 0 Å². The summed E-state index contributed by atoms with van der Waals surface area (Å²) in [5.74, 6) is 0.286. The van der Waals surface area contributed by atoms with Crippen LogP contribution in [0.1, 0.15) is 52.4 Å². The van der Waals surface area contributed by atoms with Gasteiger partial charge in [0.2, 0.25) is 5.91 Å². The third-order valence-corrected chi connectivity index (χ3v) is 4.23. The van der Waals surface area contributed by atoms with Crippen LogP contribution in [-0.4, -0.2) is 30.2 Å². The van der Waals surface area contributed by atoms with Crippen molar-refractivity contribution in [2.24, 2.45) is 17.1 Å². The topological polar surface area (TPSA) is 75.3 Å². The summed E-state index contributed by atoms with van der Waals surface area (Å²) in [5.41, 5.74) is 5.88. The van der Waals surface area contributed by atoms with Crippen LogP contribution in [0, 0.1) is 11.3 Å². The number of rotatable bonds is 6. The average Bonchev–Trinajstić information content (AvgIpc) is 2.36. The van der Waals surface area contributed by atoms with Crippen LogP contribution >= 0.6 is 0 Å². The zero-order valence-corrected chi connectivity index (χ0v) is 11.7. The van der Waals surface area contributed by atoms with Crippen molar-refractivity contribution in [1.82, 2.24) is 5.32 Å². The molecule has 1 aliphatic rings. The molecule has 0 heterocycles. The second-order valence-electron chi connectivity index (χ2n) is 6.04. The number of hydrogen-bond donors (Lipinski definition) is 3. The first-order valence-corrected chi connectivity index (χ1v) is 7.13. The van der Waals surface area contributed by atoms with Crippen LogP contribution in [0.3, 0.4) is 0 Å². The SMILES string of the molecule is CC(C)[C@@H](CO)NC(=O)CC1(CN)CCCCC1. The molecule has 4 heteroatoms. The van der Waals surface area contributed by atoms with Gasteiger partial charge in [-0.3, -0.25) is 4.79 Å². The highest BCUT2D eigenvalue weighted by Crippen LogP contribution is 2.38. The molecule has 1 rings (SSSR count). The molecule has 18 heavy (non-hydrogen) atoms. The molecule has 0 bridgehead atoms. The van der Waals surface area contributed by atoms with Gasteiger partial charge in [0, 0.05) is 6.42 Å². The number of aliphatic hydroxyl groups is 1. The summed E-state index contributed by atoms with van der Waals surface area (Å²) in [7, 11) is 0. The maximum absolute atomic E-state index is 12.1. The summed E-state index contributed by atoms with van der Waals surface area (Å²) < 4.78 is 0. The van der Waals surface area contributed by atoms with Gasteiger partial charge >= 0.3 is 0 Å². The third-order valence-electron chi connectivity index (χ3n) is 4.23. The van der Waals surface area contributed by atoms with Gasteiger partial charge in [-0.1, -0.05) is 33.1 Å². The fourth-order valence-corrected chi connectivity index (χ4v) is 2.78. The number of carbonyl (C=O) groups is 1. The summed E-state index contributed by atoms with van der Waals surface area (Å²) in [6.07, 6.45) is 6.24. The molecular formula is C14H28N2O2. The molecule has 4 N–H and O–H groups in total. The molecule has 1 atom stereocenters. The smallest absolute Gasteiger partial charge is 0.220 e. The minimum Gasteiger partial charge on any atom is -0.394 e. The monoisotopic (exact) mass is 256 g/mol. The zero-order valence-electron chi connectivity index (χ0n) is 11.7. The van der Waals surface area contributed by atoms with Crippen molar-refractivity contribution in [3.8, 4) is 0 Å². The van der Waals surface area contributed by atoms with Crippen LogP contribution in [-0.2, 0) is 4.79 Å². The Morgan fingerprint density at radius 1 is 1.33 bits per heavy atom. The van der Waals surface area contributed by atoms with Crippen LogP contribution < -0.4 is 11.1 Å².